The minimum atomic E-state index is -0.229. The van der Waals surface area contributed by atoms with Gasteiger partial charge in [0.15, 0.2) is 11.5 Å². The molecule has 0 aliphatic carbocycles. The lowest BCUT2D eigenvalue weighted by molar-refractivity contribution is 0.171. The summed E-state index contributed by atoms with van der Waals surface area (Å²) in [6.45, 7) is 5.33. The van der Waals surface area contributed by atoms with E-state index in [4.69, 9.17) is 9.47 Å². The van der Waals surface area contributed by atoms with Crippen molar-refractivity contribution in [1.82, 2.24) is 10.2 Å². The van der Waals surface area contributed by atoms with Gasteiger partial charge in [-0.25, -0.2) is 9.18 Å². The lowest BCUT2D eigenvalue weighted by atomic mass is 10.1. The first-order valence-corrected chi connectivity index (χ1v) is 9.56. The summed E-state index contributed by atoms with van der Waals surface area (Å²) >= 11 is 0. The van der Waals surface area contributed by atoms with Gasteiger partial charge in [0.1, 0.15) is 19.0 Å². The molecule has 2 aromatic rings. The van der Waals surface area contributed by atoms with Crippen LogP contribution in [0.1, 0.15) is 18.5 Å². The largest absolute Gasteiger partial charge is 0.486 e. The number of nitrogens with one attached hydrogen (secondary N) is 1. The SMILES string of the molecule is CC(NC(=O)N1CCN(c2ccccc2F)CC1)c1ccc2c(c1)OCCO2. The molecule has 2 aromatic carbocycles. The smallest absolute Gasteiger partial charge is 0.317 e. The highest BCUT2D eigenvalue weighted by molar-refractivity contribution is 5.75. The van der Waals surface area contributed by atoms with Gasteiger partial charge >= 0.3 is 6.03 Å². The van der Waals surface area contributed by atoms with Crippen molar-refractivity contribution < 1.29 is 18.7 Å². The van der Waals surface area contributed by atoms with E-state index in [0.29, 0.717) is 50.8 Å². The number of hydrogen-bond donors (Lipinski definition) is 1. The molecule has 0 saturated carbocycles. The van der Waals surface area contributed by atoms with Gasteiger partial charge in [0, 0.05) is 26.2 Å². The quantitative estimate of drug-likeness (QED) is 0.882. The van der Waals surface area contributed by atoms with Crippen LogP contribution in [-0.4, -0.2) is 50.3 Å². The molecule has 2 amide bonds. The Morgan fingerprint density at radius 3 is 2.50 bits per heavy atom. The molecular formula is C21H24FN3O3. The molecule has 6 nitrogen and oxygen atoms in total. The van der Waals surface area contributed by atoms with E-state index in [1.165, 1.54) is 6.07 Å². The maximum atomic E-state index is 14.0. The van der Waals surface area contributed by atoms with Crippen molar-refractivity contribution in [2.75, 3.05) is 44.3 Å². The zero-order chi connectivity index (χ0) is 19.5. The number of piperazine rings is 1. The van der Waals surface area contributed by atoms with Crippen molar-refractivity contribution in [2.45, 2.75) is 13.0 Å². The van der Waals surface area contributed by atoms with Crippen molar-refractivity contribution in [3.05, 3.63) is 53.8 Å². The second-order valence-corrected chi connectivity index (χ2v) is 7.00. The minimum Gasteiger partial charge on any atom is -0.486 e. The Bertz CT molecular complexity index is 853. The molecule has 1 fully saturated rings. The van der Waals surface area contributed by atoms with Crippen LogP contribution < -0.4 is 19.7 Å². The zero-order valence-electron chi connectivity index (χ0n) is 15.9. The lowest BCUT2D eigenvalue weighted by Gasteiger charge is -2.36. The Balaban J connectivity index is 1.34. The van der Waals surface area contributed by atoms with Crippen molar-refractivity contribution in [2.24, 2.45) is 0 Å². The van der Waals surface area contributed by atoms with E-state index in [9.17, 15) is 9.18 Å². The summed E-state index contributed by atoms with van der Waals surface area (Å²) in [7, 11) is 0. The fraction of sp³-hybridized carbons (Fsp3) is 0.381. The highest BCUT2D eigenvalue weighted by Gasteiger charge is 2.24. The van der Waals surface area contributed by atoms with Gasteiger partial charge in [0.2, 0.25) is 0 Å². The van der Waals surface area contributed by atoms with Crippen LogP contribution >= 0.6 is 0 Å². The monoisotopic (exact) mass is 385 g/mol. The van der Waals surface area contributed by atoms with Gasteiger partial charge in [-0.15, -0.1) is 0 Å². The number of rotatable bonds is 3. The average molecular weight is 385 g/mol. The van der Waals surface area contributed by atoms with Crippen LogP contribution in [0.2, 0.25) is 0 Å². The van der Waals surface area contributed by atoms with Crippen LogP contribution in [0.3, 0.4) is 0 Å². The molecule has 2 heterocycles. The number of amides is 2. The van der Waals surface area contributed by atoms with Crippen LogP contribution in [-0.2, 0) is 0 Å². The summed E-state index contributed by atoms with van der Waals surface area (Å²) in [5.74, 6) is 1.22. The van der Waals surface area contributed by atoms with E-state index in [1.54, 1.807) is 17.0 Å². The molecule has 2 aliphatic rings. The van der Waals surface area contributed by atoms with Gasteiger partial charge in [-0.1, -0.05) is 18.2 Å². The zero-order valence-corrected chi connectivity index (χ0v) is 15.9. The first-order valence-electron chi connectivity index (χ1n) is 9.56. The van der Waals surface area contributed by atoms with Crippen LogP contribution in [0.4, 0.5) is 14.9 Å². The Hall–Kier alpha value is -2.96. The van der Waals surface area contributed by atoms with Crippen LogP contribution in [0.15, 0.2) is 42.5 Å². The number of halogens is 1. The molecule has 28 heavy (non-hydrogen) atoms. The molecule has 148 valence electrons. The third-order valence-corrected chi connectivity index (χ3v) is 5.17. The normalized spacial score (nSPS) is 17.2. The predicted octanol–water partition coefficient (Wildman–Crippen LogP) is 3.19. The van der Waals surface area contributed by atoms with Crippen molar-refractivity contribution in [1.29, 1.82) is 0 Å². The molecule has 1 atom stereocenters. The van der Waals surface area contributed by atoms with Crippen LogP contribution in [0.25, 0.3) is 0 Å². The van der Waals surface area contributed by atoms with E-state index in [-0.39, 0.29) is 17.9 Å². The molecule has 2 aliphatic heterocycles. The van der Waals surface area contributed by atoms with E-state index in [0.717, 1.165) is 11.3 Å². The number of fused-ring (bicyclic) bond motifs is 1. The van der Waals surface area contributed by atoms with Gasteiger partial charge in [0.25, 0.3) is 0 Å². The topological polar surface area (TPSA) is 54.0 Å². The highest BCUT2D eigenvalue weighted by atomic mass is 19.1. The maximum absolute atomic E-state index is 14.0. The van der Waals surface area contributed by atoms with Gasteiger partial charge in [0.05, 0.1) is 11.7 Å². The van der Waals surface area contributed by atoms with Crippen molar-refractivity contribution in [3.63, 3.8) is 0 Å². The number of anilines is 1. The van der Waals surface area contributed by atoms with E-state index >= 15 is 0 Å². The van der Waals surface area contributed by atoms with Gasteiger partial charge in [-0.2, -0.15) is 0 Å². The first kappa shape index (κ1) is 18.4. The van der Waals surface area contributed by atoms with Crippen molar-refractivity contribution in [3.8, 4) is 11.5 Å². The number of carbonyl (C=O) groups is 1. The standard InChI is InChI=1S/C21H24FN3O3/c1-15(16-6-7-19-20(14-16)28-13-12-27-19)23-21(26)25-10-8-24(9-11-25)18-5-3-2-4-17(18)22/h2-7,14-15H,8-13H2,1H3,(H,23,26). The fourth-order valence-electron chi connectivity index (χ4n) is 3.55. The Kier molecular flexibility index (Phi) is 5.23. The Morgan fingerprint density at radius 2 is 1.75 bits per heavy atom. The van der Waals surface area contributed by atoms with E-state index in [1.807, 2.05) is 36.1 Å². The molecule has 0 bridgehead atoms. The number of nitrogens with zero attached hydrogens (tertiary/aromatic N) is 2. The second-order valence-electron chi connectivity index (χ2n) is 7.00. The molecule has 1 N–H and O–H groups in total. The maximum Gasteiger partial charge on any atom is 0.317 e. The highest BCUT2D eigenvalue weighted by Crippen LogP contribution is 2.32. The van der Waals surface area contributed by atoms with Crippen LogP contribution in [0, 0.1) is 5.82 Å². The molecule has 4 rings (SSSR count). The summed E-state index contributed by atoms with van der Waals surface area (Å²) in [5, 5.41) is 3.04. The molecule has 1 saturated heterocycles. The number of carbonyl (C=O) groups excluding carboxylic acids is 1. The summed E-state index contributed by atoms with van der Waals surface area (Å²) in [4.78, 5) is 16.4. The molecule has 0 spiro atoms. The van der Waals surface area contributed by atoms with Crippen LogP contribution in [0.5, 0.6) is 11.5 Å². The first-order chi connectivity index (χ1) is 13.6. The number of hydrogen-bond acceptors (Lipinski definition) is 4. The van der Waals surface area contributed by atoms with Gasteiger partial charge < -0.3 is 24.6 Å². The van der Waals surface area contributed by atoms with Crippen molar-refractivity contribution >= 4 is 11.7 Å². The molecule has 7 heteroatoms. The minimum absolute atomic E-state index is 0.115. The summed E-state index contributed by atoms with van der Waals surface area (Å²) in [6, 6.07) is 12.2. The lowest BCUT2D eigenvalue weighted by Crippen LogP contribution is -2.52. The molecule has 0 aromatic heterocycles. The number of benzene rings is 2. The number of para-hydroxylation sites is 1. The molecular weight excluding hydrogens is 361 g/mol. The molecule has 0 radical (unpaired) electrons. The summed E-state index contributed by atoms with van der Waals surface area (Å²) < 4.78 is 25.1. The number of ether oxygens (including phenoxy) is 2. The fourth-order valence-corrected chi connectivity index (χ4v) is 3.55. The summed E-state index contributed by atoms with van der Waals surface area (Å²) in [6.07, 6.45) is 0. The molecule has 1 unspecified atom stereocenters. The second kappa shape index (κ2) is 7.96. The van der Waals surface area contributed by atoms with E-state index < -0.39 is 0 Å². The Labute approximate surface area is 163 Å². The third-order valence-electron chi connectivity index (χ3n) is 5.17. The number of urea groups is 1. The third kappa shape index (κ3) is 3.83. The van der Waals surface area contributed by atoms with Gasteiger partial charge in [-0.3, -0.25) is 0 Å². The van der Waals surface area contributed by atoms with E-state index in [2.05, 4.69) is 5.32 Å². The predicted molar refractivity (Wildman–Crippen MR) is 105 cm³/mol. The summed E-state index contributed by atoms with van der Waals surface area (Å²) in [5.41, 5.74) is 1.55. The Morgan fingerprint density at radius 1 is 1.04 bits per heavy atom. The average Bonchev–Trinajstić information content (AvgIpc) is 2.74. The van der Waals surface area contributed by atoms with Gasteiger partial charge in [-0.05, 0) is 36.8 Å².